The lowest BCUT2D eigenvalue weighted by Gasteiger charge is -2.40. The van der Waals surface area contributed by atoms with Gasteiger partial charge >= 0.3 is 0 Å². The number of hydrogen-bond donors (Lipinski definition) is 9. The monoisotopic (exact) mass is 344 g/mol. The number of aliphatic hydroxyl groups is 9. The van der Waals surface area contributed by atoms with Crippen molar-refractivity contribution in [2.75, 3.05) is 19.8 Å². The summed E-state index contributed by atoms with van der Waals surface area (Å²) in [5.41, 5.74) is 0. The molecular formula is C12H24O11. The molecule has 23 heavy (non-hydrogen) atoms. The van der Waals surface area contributed by atoms with Crippen LogP contribution in [-0.2, 0) is 9.47 Å². The molecule has 0 aromatic carbocycles. The van der Waals surface area contributed by atoms with Crippen LogP contribution in [0.4, 0.5) is 0 Å². The minimum atomic E-state index is -1.86. The zero-order valence-electron chi connectivity index (χ0n) is 12.2. The van der Waals surface area contributed by atoms with Crippen LogP contribution in [0, 0.1) is 0 Å². The van der Waals surface area contributed by atoms with Crippen LogP contribution < -0.4 is 0 Å². The van der Waals surface area contributed by atoms with Gasteiger partial charge in [0.15, 0.2) is 6.29 Å². The summed E-state index contributed by atoms with van der Waals surface area (Å²) in [7, 11) is 0. The second-order valence-corrected chi connectivity index (χ2v) is 5.33. The summed E-state index contributed by atoms with van der Waals surface area (Å²) >= 11 is 0. The molecule has 11 heteroatoms. The third-order valence-corrected chi connectivity index (χ3v) is 3.61. The Balaban J connectivity index is 2.55. The van der Waals surface area contributed by atoms with Gasteiger partial charge in [-0.05, 0) is 0 Å². The first-order chi connectivity index (χ1) is 10.7. The van der Waals surface area contributed by atoms with Gasteiger partial charge < -0.3 is 55.4 Å². The normalized spacial score (nSPS) is 37.2. The fourth-order valence-electron chi connectivity index (χ4n) is 2.06. The largest absolute Gasteiger partial charge is 0.394 e. The molecule has 1 fully saturated rings. The van der Waals surface area contributed by atoms with Crippen molar-refractivity contribution in [1.29, 1.82) is 0 Å². The van der Waals surface area contributed by atoms with E-state index >= 15 is 0 Å². The lowest BCUT2D eigenvalue weighted by molar-refractivity contribution is -0.306. The van der Waals surface area contributed by atoms with Crippen molar-refractivity contribution < 1.29 is 55.4 Å². The predicted octanol–water partition coefficient (Wildman–Crippen LogP) is -5.76. The molecule has 0 bridgehead atoms. The molecule has 0 spiro atoms. The molecular weight excluding hydrogens is 320 g/mol. The van der Waals surface area contributed by atoms with Gasteiger partial charge in [-0.25, -0.2) is 0 Å². The van der Waals surface area contributed by atoms with Crippen LogP contribution in [-0.4, -0.2) is 121 Å². The molecule has 1 unspecified atom stereocenters. The minimum Gasteiger partial charge on any atom is -0.394 e. The Morgan fingerprint density at radius 1 is 0.826 bits per heavy atom. The Hall–Kier alpha value is -0.440. The maximum atomic E-state index is 9.70. The first kappa shape index (κ1) is 20.6. The second kappa shape index (κ2) is 9.15. The van der Waals surface area contributed by atoms with Crippen molar-refractivity contribution in [3.63, 3.8) is 0 Å². The fourth-order valence-corrected chi connectivity index (χ4v) is 2.06. The van der Waals surface area contributed by atoms with E-state index in [0.717, 1.165) is 0 Å². The smallest absolute Gasteiger partial charge is 0.186 e. The van der Waals surface area contributed by atoms with E-state index in [2.05, 4.69) is 0 Å². The van der Waals surface area contributed by atoms with Gasteiger partial charge in [0.1, 0.15) is 48.8 Å². The van der Waals surface area contributed by atoms with Crippen molar-refractivity contribution in [2.45, 2.75) is 55.1 Å². The highest BCUT2D eigenvalue weighted by molar-refractivity contribution is 4.89. The molecule has 0 aromatic rings. The molecule has 0 amide bonds. The predicted molar refractivity (Wildman–Crippen MR) is 70.8 cm³/mol. The van der Waals surface area contributed by atoms with Gasteiger partial charge in [0, 0.05) is 0 Å². The highest BCUT2D eigenvalue weighted by atomic mass is 16.7. The molecule has 9 N–H and O–H groups in total. The van der Waals surface area contributed by atoms with Crippen LogP contribution in [0.15, 0.2) is 0 Å². The summed E-state index contributed by atoms with van der Waals surface area (Å²) in [5, 5.41) is 84.4. The molecule has 0 aromatic heterocycles. The summed E-state index contributed by atoms with van der Waals surface area (Å²) in [6.45, 7) is -2.16. The van der Waals surface area contributed by atoms with Crippen LogP contribution in [0.25, 0.3) is 0 Å². The Bertz CT molecular complexity index is 341. The Morgan fingerprint density at radius 3 is 1.91 bits per heavy atom. The van der Waals surface area contributed by atoms with E-state index in [1.165, 1.54) is 0 Å². The van der Waals surface area contributed by atoms with E-state index in [1.54, 1.807) is 0 Å². The van der Waals surface area contributed by atoms with Crippen LogP contribution in [0.5, 0.6) is 0 Å². The lowest BCUT2D eigenvalue weighted by Crippen LogP contribution is -2.59. The van der Waals surface area contributed by atoms with Crippen molar-refractivity contribution in [1.82, 2.24) is 0 Å². The van der Waals surface area contributed by atoms with Gasteiger partial charge in [0.05, 0.1) is 19.8 Å². The van der Waals surface area contributed by atoms with Crippen LogP contribution in [0.1, 0.15) is 0 Å². The molecule has 1 aliphatic rings. The van der Waals surface area contributed by atoms with Gasteiger partial charge in [0.2, 0.25) is 0 Å². The average molecular weight is 344 g/mol. The summed E-state index contributed by atoms with van der Waals surface area (Å²) in [5.74, 6) is 0. The maximum Gasteiger partial charge on any atom is 0.186 e. The standard InChI is InChI=1S/C12H24O11/c13-1-4(15)7(17)8(18)5(16)3-22-12-11(21)10(20)9(19)6(2-14)23-12/h4-21H,1-3H2/t4-,5-,6-,7-,8-,9-,10+,11-,12?/m1/s1. The van der Waals surface area contributed by atoms with Crippen LogP contribution in [0.3, 0.4) is 0 Å². The number of rotatable bonds is 8. The fraction of sp³-hybridized carbons (Fsp3) is 1.00. The van der Waals surface area contributed by atoms with E-state index < -0.39 is 74.9 Å². The maximum absolute atomic E-state index is 9.70. The van der Waals surface area contributed by atoms with E-state index in [0.29, 0.717) is 0 Å². The summed E-state index contributed by atoms with van der Waals surface area (Å²) < 4.78 is 9.99. The number of hydrogen-bond acceptors (Lipinski definition) is 11. The Kier molecular flexibility index (Phi) is 8.20. The van der Waals surface area contributed by atoms with Crippen LogP contribution >= 0.6 is 0 Å². The van der Waals surface area contributed by atoms with Crippen molar-refractivity contribution in [2.24, 2.45) is 0 Å². The van der Waals surface area contributed by atoms with Crippen molar-refractivity contribution >= 4 is 0 Å². The van der Waals surface area contributed by atoms with Gasteiger partial charge in [-0.15, -0.1) is 0 Å². The highest BCUT2D eigenvalue weighted by Crippen LogP contribution is 2.22. The van der Waals surface area contributed by atoms with Crippen molar-refractivity contribution in [3.8, 4) is 0 Å². The zero-order valence-corrected chi connectivity index (χ0v) is 12.2. The van der Waals surface area contributed by atoms with Gasteiger partial charge in [0.25, 0.3) is 0 Å². The molecule has 1 heterocycles. The molecule has 138 valence electrons. The number of ether oxygens (including phenoxy) is 2. The molecule has 0 aliphatic carbocycles. The quantitative estimate of drug-likeness (QED) is 0.203. The summed E-state index contributed by atoms with van der Waals surface area (Å²) in [6, 6.07) is 0. The number of aliphatic hydroxyl groups excluding tert-OH is 9. The first-order valence-corrected chi connectivity index (χ1v) is 6.99. The second-order valence-electron chi connectivity index (χ2n) is 5.33. The third kappa shape index (κ3) is 5.01. The van der Waals surface area contributed by atoms with E-state index in [-0.39, 0.29) is 0 Å². The van der Waals surface area contributed by atoms with E-state index in [4.69, 9.17) is 19.7 Å². The zero-order chi connectivity index (χ0) is 17.7. The molecule has 1 rings (SSSR count). The molecule has 0 saturated carbocycles. The third-order valence-electron chi connectivity index (χ3n) is 3.61. The van der Waals surface area contributed by atoms with Crippen LogP contribution in [0.2, 0.25) is 0 Å². The van der Waals surface area contributed by atoms with Gasteiger partial charge in [-0.2, -0.15) is 0 Å². The summed E-state index contributed by atoms with van der Waals surface area (Å²) in [6.07, 6.45) is -14.7. The Morgan fingerprint density at radius 2 is 1.39 bits per heavy atom. The van der Waals surface area contributed by atoms with Gasteiger partial charge in [-0.3, -0.25) is 0 Å². The van der Waals surface area contributed by atoms with Gasteiger partial charge in [-0.1, -0.05) is 0 Å². The van der Waals surface area contributed by atoms with E-state index in [9.17, 15) is 35.7 Å². The molecule has 1 aliphatic heterocycles. The Labute approximate surface area is 131 Å². The van der Waals surface area contributed by atoms with E-state index in [1.807, 2.05) is 0 Å². The molecule has 0 radical (unpaired) electrons. The molecule has 9 atom stereocenters. The minimum absolute atomic E-state index is 0.655. The van der Waals surface area contributed by atoms with Crippen molar-refractivity contribution in [3.05, 3.63) is 0 Å². The molecule has 11 nitrogen and oxygen atoms in total. The average Bonchev–Trinajstić information content (AvgIpc) is 2.56. The summed E-state index contributed by atoms with van der Waals surface area (Å²) in [4.78, 5) is 0. The SMILES string of the molecule is OC[C@@H](O)[C@@H](O)[C@H](O)[C@H](O)COC1O[C@H](CO)[C@@H](O)[C@H](O)[C@H]1O. The first-order valence-electron chi connectivity index (χ1n) is 6.99. The molecule has 1 saturated heterocycles. The lowest BCUT2D eigenvalue weighted by atomic mass is 9.99. The topological polar surface area (TPSA) is 201 Å². The highest BCUT2D eigenvalue weighted by Gasteiger charge is 2.44.